The lowest BCUT2D eigenvalue weighted by Crippen LogP contribution is -2.40. The van der Waals surface area contributed by atoms with Crippen LogP contribution in [-0.2, 0) is 9.59 Å². The SMILES string of the molecule is CN1C(=O)CC(NC2CCOc3ccccc32)C1=O. The maximum atomic E-state index is 11.9. The van der Waals surface area contributed by atoms with Crippen LogP contribution < -0.4 is 10.1 Å². The number of rotatable bonds is 2. The summed E-state index contributed by atoms with van der Waals surface area (Å²) in [5, 5.41) is 3.29. The van der Waals surface area contributed by atoms with Crippen LogP contribution in [-0.4, -0.2) is 36.4 Å². The van der Waals surface area contributed by atoms with Crippen molar-refractivity contribution in [2.75, 3.05) is 13.7 Å². The first-order valence-electron chi connectivity index (χ1n) is 6.45. The first kappa shape index (κ1) is 12.2. The minimum absolute atomic E-state index is 0.0678. The zero-order chi connectivity index (χ0) is 13.4. The Labute approximate surface area is 111 Å². The zero-order valence-electron chi connectivity index (χ0n) is 10.8. The predicted molar refractivity (Wildman–Crippen MR) is 68.6 cm³/mol. The van der Waals surface area contributed by atoms with Gasteiger partial charge < -0.3 is 4.74 Å². The van der Waals surface area contributed by atoms with Crippen molar-refractivity contribution in [3.05, 3.63) is 29.8 Å². The largest absolute Gasteiger partial charge is 0.493 e. The van der Waals surface area contributed by atoms with Crippen molar-refractivity contribution in [1.82, 2.24) is 10.2 Å². The smallest absolute Gasteiger partial charge is 0.246 e. The summed E-state index contributed by atoms with van der Waals surface area (Å²) < 4.78 is 5.58. The van der Waals surface area contributed by atoms with Crippen LogP contribution >= 0.6 is 0 Å². The standard InChI is InChI=1S/C14H16N2O3/c1-16-13(17)8-11(14(16)18)15-10-6-7-19-12-5-3-2-4-9(10)12/h2-5,10-11,15H,6-8H2,1H3. The van der Waals surface area contributed by atoms with E-state index in [1.54, 1.807) is 0 Å². The fourth-order valence-corrected chi connectivity index (χ4v) is 2.64. The van der Waals surface area contributed by atoms with Gasteiger partial charge in [-0.15, -0.1) is 0 Å². The van der Waals surface area contributed by atoms with Gasteiger partial charge in [0.2, 0.25) is 11.8 Å². The summed E-state index contributed by atoms with van der Waals surface area (Å²) >= 11 is 0. The third kappa shape index (κ3) is 2.10. The van der Waals surface area contributed by atoms with Crippen molar-refractivity contribution >= 4 is 11.8 Å². The Morgan fingerprint density at radius 1 is 1.26 bits per heavy atom. The molecule has 1 fully saturated rings. The lowest BCUT2D eigenvalue weighted by molar-refractivity contribution is -0.137. The zero-order valence-corrected chi connectivity index (χ0v) is 10.8. The number of likely N-dealkylation sites (tertiary alicyclic amines) is 1. The minimum atomic E-state index is -0.409. The summed E-state index contributed by atoms with van der Waals surface area (Å²) in [4.78, 5) is 24.6. The Hall–Kier alpha value is -1.88. The molecule has 0 spiro atoms. The van der Waals surface area contributed by atoms with Crippen LogP contribution in [0.25, 0.3) is 0 Å². The van der Waals surface area contributed by atoms with Gasteiger partial charge in [-0.1, -0.05) is 18.2 Å². The first-order chi connectivity index (χ1) is 9.16. The van der Waals surface area contributed by atoms with Gasteiger partial charge in [-0.3, -0.25) is 19.8 Å². The molecule has 2 atom stereocenters. The topological polar surface area (TPSA) is 58.6 Å². The van der Waals surface area contributed by atoms with Crippen LogP contribution in [0.4, 0.5) is 0 Å². The summed E-state index contributed by atoms with van der Waals surface area (Å²) in [6.07, 6.45) is 1.05. The van der Waals surface area contributed by atoms with Gasteiger partial charge in [0.05, 0.1) is 19.1 Å². The summed E-state index contributed by atoms with van der Waals surface area (Å²) in [7, 11) is 1.53. The van der Waals surface area contributed by atoms with Crippen molar-refractivity contribution in [1.29, 1.82) is 0 Å². The number of para-hydroxylation sites is 1. The van der Waals surface area contributed by atoms with Gasteiger partial charge in [-0.05, 0) is 6.07 Å². The van der Waals surface area contributed by atoms with Crippen LogP contribution in [0.15, 0.2) is 24.3 Å². The Morgan fingerprint density at radius 2 is 2.05 bits per heavy atom. The monoisotopic (exact) mass is 260 g/mol. The molecule has 1 aromatic rings. The second-order valence-corrected chi connectivity index (χ2v) is 4.94. The summed E-state index contributed by atoms with van der Waals surface area (Å²) in [6, 6.07) is 7.47. The number of carbonyl (C=O) groups excluding carboxylic acids is 2. The van der Waals surface area contributed by atoms with E-state index in [0.717, 1.165) is 17.7 Å². The van der Waals surface area contributed by atoms with Crippen molar-refractivity contribution in [3.8, 4) is 5.75 Å². The molecule has 1 saturated heterocycles. The third-order valence-corrected chi connectivity index (χ3v) is 3.74. The van der Waals surface area contributed by atoms with Crippen molar-refractivity contribution < 1.29 is 14.3 Å². The first-order valence-corrected chi connectivity index (χ1v) is 6.45. The number of benzene rings is 1. The second-order valence-electron chi connectivity index (χ2n) is 4.94. The Kier molecular flexibility index (Phi) is 2.98. The van der Waals surface area contributed by atoms with E-state index in [-0.39, 0.29) is 24.3 Å². The molecular weight excluding hydrogens is 244 g/mol. The van der Waals surface area contributed by atoms with Gasteiger partial charge in [-0.25, -0.2) is 0 Å². The number of amides is 2. The quantitative estimate of drug-likeness (QED) is 0.801. The molecule has 2 heterocycles. The molecule has 5 nitrogen and oxygen atoms in total. The maximum absolute atomic E-state index is 11.9. The van der Waals surface area contributed by atoms with Gasteiger partial charge in [0.1, 0.15) is 5.75 Å². The van der Waals surface area contributed by atoms with Gasteiger partial charge >= 0.3 is 0 Å². The molecule has 0 aliphatic carbocycles. The molecule has 100 valence electrons. The number of nitrogens with one attached hydrogen (secondary N) is 1. The fraction of sp³-hybridized carbons (Fsp3) is 0.429. The molecule has 2 aliphatic rings. The van der Waals surface area contributed by atoms with E-state index in [1.807, 2.05) is 24.3 Å². The number of imide groups is 1. The molecule has 0 saturated carbocycles. The van der Waals surface area contributed by atoms with E-state index in [0.29, 0.717) is 6.61 Å². The number of hydrogen-bond acceptors (Lipinski definition) is 4. The van der Waals surface area contributed by atoms with Crippen molar-refractivity contribution in [2.24, 2.45) is 0 Å². The van der Waals surface area contributed by atoms with E-state index in [1.165, 1.54) is 11.9 Å². The van der Waals surface area contributed by atoms with E-state index in [4.69, 9.17) is 4.74 Å². The van der Waals surface area contributed by atoms with E-state index in [2.05, 4.69) is 5.32 Å². The van der Waals surface area contributed by atoms with Gasteiger partial charge in [-0.2, -0.15) is 0 Å². The summed E-state index contributed by atoms with van der Waals surface area (Å²) in [6.45, 7) is 0.624. The van der Waals surface area contributed by atoms with E-state index in [9.17, 15) is 9.59 Å². The fourth-order valence-electron chi connectivity index (χ4n) is 2.64. The molecule has 2 amide bonds. The lowest BCUT2D eigenvalue weighted by Gasteiger charge is -2.28. The van der Waals surface area contributed by atoms with Crippen LogP contribution in [0.3, 0.4) is 0 Å². The van der Waals surface area contributed by atoms with Crippen LogP contribution in [0.5, 0.6) is 5.75 Å². The maximum Gasteiger partial charge on any atom is 0.246 e. The number of likely N-dealkylation sites (N-methyl/N-ethyl adjacent to an activating group) is 1. The average Bonchev–Trinajstić information content (AvgIpc) is 2.67. The van der Waals surface area contributed by atoms with Crippen molar-refractivity contribution in [3.63, 3.8) is 0 Å². The highest BCUT2D eigenvalue weighted by atomic mass is 16.5. The van der Waals surface area contributed by atoms with Crippen LogP contribution in [0.2, 0.25) is 0 Å². The average molecular weight is 260 g/mol. The molecule has 3 rings (SSSR count). The summed E-state index contributed by atoms with van der Waals surface area (Å²) in [5.74, 6) is 0.591. The molecule has 1 N–H and O–H groups in total. The van der Waals surface area contributed by atoms with Crippen molar-refractivity contribution in [2.45, 2.75) is 24.9 Å². The minimum Gasteiger partial charge on any atom is -0.493 e. The highest BCUT2D eigenvalue weighted by Crippen LogP contribution is 2.32. The number of hydrogen-bond donors (Lipinski definition) is 1. The third-order valence-electron chi connectivity index (χ3n) is 3.74. The Balaban J connectivity index is 1.79. The number of carbonyl (C=O) groups is 2. The lowest BCUT2D eigenvalue weighted by atomic mass is 9.99. The molecule has 2 aliphatic heterocycles. The van der Waals surface area contributed by atoms with Gasteiger partial charge in [0, 0.05) is 25.1 Å². The molecule has 0 aromatic heterocycles. The number of fused-ring (bicyclic) bond motifs is 1. The van der Waals surface area contributed by atoms with E-state index < -0.39 is 6.04 Å². The normalized spacial score (nSPS) is 26.3. The molecule has 0 bridgehead atoms. The number of nitrogens with zero attached hydrogens (tertiary/aromatic N) is 1. The predicted octanol–water partition coefficient (Wildman–Crippen LogP) is 0.857. The van der Waals surface area contributed by atoms with Gasteiger partial charge in [0.15, 0.2) is 0 Å². The Morgan fingerprint density at radius 3 is 2.79 bits per heavy atom. The highest BCUT2D eigenvalue weighted by molar-refractivity contribution is 6.05. The second kappa shape index (κ2) is 4.66. The molecule has 1 aromatic carbocycles. The summed E-state index contributed by atoms with van der Waals surface area (Å²) in [5.41, 5.74) is 1.06. The molecule has 0 radical (unpaired) electrons. The molecule has 19 heavy (non-hydrogen) atoms. The Bertz CT molecular complexity index is 529. The van der Waals surface area contributed by atoms with Gasteiger partial charge in [0.25, 0.3) is 0 Å². The molecule has 2 unspecified atom stereocenters. The highest BCUT2D eigenvalue weighted by Gasteiger charge is 2.38. The van der Waals surface area contributed by atoms with Crippen LogP contribution in [0, 0.1) is 0 Å². The number of ether oxygens (including phenoxy) is 1. The van der Waals surface area contributed by atoms with Crippen LogP contribution in [0.1, 0.15) is 24.4 Å². The molecular formula is C14H16N2O3. The molecule has 5 heteroatoms. The van der Waals surface area contributed by atoms with E-state index >= 15 is 0 Å².